The number of esters is 1. The molecule has 0 spiro atoms. The quantitative estimate of drug-likeness (QED) is 0.758. The Morgan fingerprint density at radius 1 is 1.33 bits per heavy atom. The van der Waals surface area contributed by atoms with Gasteiger partial charge in [0.25, 0.3) is 0 Å². The van der Waals surface area contributed by atoms with E-state index in [4.69, 9.17) is 0 Å². The number of hydrogen-bond acceptors (Lipinski definition) is 3. The predicted octanol–water partition coefficient (Wildman–Crippen LogP) is 4.19. The average molecular weight is 253 g/mol. The third-order valence-corrected chi connectivity index (χ3v) is 1.89. The summed E-state index contributed by atoms with van der Waals surface area (Å²) in [5, 5.41) is 0. The first-order chi connectivity index (χ1) is 8.65. The fourth-order valence-corrected chi connectivity index (χ4v) is 1.11. The Morgan fingerprint density at radius 3 is 2.28 bits per heavy atom. The van der Waals surface area contributed by atoms with Crippen molar-refractivity contribution >= 4 is 5.97 Å². The van der Waals surface area contributed by atoms with Crippen molar-refractivity contribution in [1.82, 2.24) is 4.98 Å². The Hall–Kier alpha value is -1.38. The maximum atomic E-state index is 10.9. The van der Waals surface area contributed by atoms with E-state index in [2.05, 4.69) is 23.6 Å². The molecule has 1 rings (SSSR count). The minimum Gasteiger partial charge on any atom is -0.469 e. The van der Waals surface area contributed by atoms with Crippen LogP contribution in [0.25, 0.3) is 0 Å². The average Bonchev–Trinajstić information content (AvgIpc) is 2.42. The number of pyridine rings is 1. The van der Waals surface area contributed by atoms with Crippen LogP contribution in [0.2, 0.25) is 0 Å². The van der Waals surface area contributed by atoms with Gasteiger partial charge in [-0.05, 0) is 12.1 Å². The van der Waals surface area contributed by atoms with E-state index in [-0.39, 0.29) is 11.9 Å². The topological polar surface area (TPSA) is 39.2 Å². The first kappa shape index (κ1) is 19.0. The van der Waals surface area contributed by atoms with Crippen molar-refractivity contribution < 1.29 is 9.53 Å². The van der Waals surface area contributed by atoms with E-state index >= 15 is 0 Å². The van der Waals surface area contributed by atoms with E-state index in [0.717, 1.165) is 5.69 Å². The molecule has 1 aromatic heterocycles. The van der Waals surface area contributed by atoms with Crippen LogP contribution < -0.4 is 0 Å². The second kappa shape index (κ2) is 13.7. The Balaban J connectivity index is 0. The lowest BCUT2D eigenvalue weighted by Crippen LogP contribution is -2.06. The molecule has 0 amide bonds. The predicted molar refractivity (Wildman–Crippen MR) is 76.6 cm³/mol. The molecule has 1 heterocycles. The van der Waals surface area contributed by atoms with Gasteiger partial charge in [-0.1, -0.05) is 47.1 Å². The zero-order valence-corrected chi connectivity index (χ0v) is 12.6. The molecule has 0 fully saturated rings. The molecular formula is C15H27NO2. The summed E-state index contributed by atoms with van der Waals surface area (Å²) in [6, 6.07) is 5.68. The van der Waals surface area contributed by atoms with Gasteiger partial charge in [0.2, 0.25) is 0 Å². The van der Waals surface area contributed by atoms with Gasteiger partial charge in [0.1, 0.15) is 0 Å². The van der Waals surface area contributed by atoms with Gasteiger partial charge < -0.3 is 4.74 Å². The summed E-state index contributed by atoms with van der Waals surface area (Å²) in [5.41, 5.74) is 0.924. The summed E-state index contributed by atoms with van der Waals surface area (Å²) in [7, 11) is 1.40. The van der Waals surface area contributed by atoms with Gasteiger partial charge in [0.15, 0.2) is 0 Å². The summed E-state index contributed by atoms with van der Waals surface area (Å²) in [6.07, 6.45) is 3.36. The van der Waals surface area contributed by atoms with Crippen molar-refractivity contribution in [1.29, 1.82) is 0 Å². The van der Waals surface area contributed by atoms with Crippen molar-refractivity contribution in [3.8, 4) is 0 Å². The van der Waals surface area contributed by atoms with Crippen LogP contribution in [0.4, 0.5) is 0 Å². The number of carbonyl (C=O) groups excluding carboxylic acids is 1. The van der Waals surface area contributed by atoms with Crippen LogP contribution in [0.5, 0.6) is 0 Å². The molecular weight excluding hydrogens is 226 g/mol. The number of ether oxygens (including phenoxy) is 1. The summed E-state index contributed by atoms with van der Waals surface area (Å²) in [4.78, 5) is 15.1. The Morgan fingerprint density at radius 2 is 1.89 bits per heavy atom. The standard InChI is InChI=1S/C10H13NO2.C3H8.C2H6/c1-8(7-10(12)13-2)9-5-3-4-6-11-9;1-3-2;1-2/h3-6,8H,7H2,1-2H3;3H2,1-2H3;1-2H3. The van der Waals surface area contributed by atoms with Gasteiger partial charge >= 0.3 is 5.97 Å². The van der Waals surface area contributed by atoms with Crippen LogP contribution in [-0.4, -0.2) is 18.1 Å². The number of methoxy groups -OCH3 is 1. The molecule has 0 saturated heterocycles. The summed E-state index contributed by atoms with van der Waals surface area (Å²) in [6.45, 7) is 10.2. The molecule has 0 aliphatic carbocycles. The highest BCUT2D eigenvalue weighted by atomic mass is 16.5. The zero-order valence-electron chi connectivity index (χ0n) is 12.6. The molecule has 1 unspecified atom stereocenters. The molecule has 0 radical (unpaired) electrons. The van der Waals surface area contributed by atoms with Gasteiger partial charge in [-0.25, -0.2) is 0 Å². The summed E-state index contributed by atoms with van der Waals surface area (Å²) >= 11 is 0. The minimum absolute atomic E-state index is 0.119. The first-order valence-electron chi connectivity index (χ1n) is 6.63. The van der Waals surface area contributed by atoms with E-state index in [0.29, 0.717) is 6.42 Å². The van der Waals surface area contributed by atoms with Gasteiger partial charge in [-0.3, -0.25) is 9.78 Å². The summed E-state index contributed by atoms with van der Waals surface area (Å²) < 4.78 is 4.58. The number of hydrogen-bond donors (Lipinski definition) is 0. The molecule has 0 aliphatic heterocycles. The second-order valence-electron chi connectivity index (χ2n) is 3.64. The lowest BCUT2D eigenvalue weighted by atomic mass is 10.0. The van der Waals surface area contributed by atoms with Gasteiger partial charge in [-0.15, -0.1) is 0 Å². The molecule has 104 valence electrons. The van der Waals surface area contributed by atoms with Crippen LogP contribution in [0.1, 0.15) is 59.1 Å². The van der Waals surface area contributed by atoms with E-state index in [1.165, 1.54) is 13.5 Å². The smallest absolute Gasteiger partial charge is 0.306 e. The Bertz CT molecular complexity index is 286. The highest BCUT2D eigenvalue weighted by Crippen LogP contribution is 2.15. The van der Waals surface area contributed by atoms with Crippen molar-refractivity contribution in [2.24, 2.45) is 0 Å². The summed E-state index contributed by atoms with van der Waals surface area (Å²) in [5.74, 6) is -0.0770. The molecule has 0 aromatic carbocycles. The lowest BCUT2D eigenvalue weighted by Gasteiger charge is -2.08. The van der Waals surface area contributed by atoms with E-state index in [1.807, 2.05) is 39.0 Å². The van der Waals surface area contributed by atoms with E-state index < -0.39 is 0 Å². The van der Waals surface area contributed by atoms with Crippen molar-refractivity contribution in [3.05, 3.63) is 30.1 Å². The molecule has 0 saturated carbocycles. The molecule has 0 N–H and O–H groups in total. The monoisotopic (exact) mass is 253 g/mol. The van der Waals surface area contributed by atoms with Crippen LogP contribution in [0.15, 0.2) is 24.4 Å². The van der Waals surface area contributed by atoms with Gasteiger partial charge in [-0.2, -0.15) is 0 Å². The number of carbonyl (C=O) groups is 1. The van der Waals surface area contributed by atoms with Gasteiger partial charge in [0.05, 0.1) is 13.5 Å². The highest BCUT2D eigenvalue weighted by molar-refractivity contribution is 5.70. The molecule has 0 aliphatic rings. The Kier molecular flexibility index (Phi) is 14.4. The molecule has 1 atom stereocenters. The SMILES string of the molecule is CC.CCC.COC(=O)CC(C)c1ccccn1. The maximum Gasteiger partial charge on any atom is 0.306 e. The fourth-order valence-electron chi connectivity index (χ4n) is 1.11. The number of aromatic nitrogens is 1. The molecule has 0 bridgehead atoms. The number of rotatable bonds is 3. The Labute approximate surface area is 112 Å². The maximum absolute atomic E-state index is 10.9. The second-order valence-corrected chi connectivity index (χ2v) is 3.64. The van der Waals surface area contributed by atoms with Gasteiger partial charge in [0, 0.05) is 17.8 Å². The first-order valence-corrected chi connectivity index (χ1v) is 6.63. The van der Waals surface area contributed by atoms with Crippen molar-refractivity contribution in [3.63, 3.8) is 0 Å². The van der Waals surface area contributed by atoms with Crippen LogP contribution in [0, 0.1) is 0 Å². The van der Waals surface area contributed by atoms with Crippen LogP contribution >= 0.6 is 0 Å². The van der Waals surface area contributed by atoms with Crippen LogP contribution in [0.3, 0.4) is 0 Å². The third kappa shape index (κ3) is 9.82. The molecule has 3 nitrogen and oxygen atoms in total. The van der Waals surface area contributed by atoms with Crippen LogP contribution in [-0.2, 0) is 9.53 Å². The molecule has 18 heavy (non-hydrogen) atoms. The minimum atomic E-state index is -0.196. The fraction of sp³-hybridized carbons (Fsp3) is 0.600. The zero-order chi connectivity index (χ0) is 14.4. The number of nitrogens with zero attached hydrogens (tertiary/aromatic N) is 1. The largest absolute Gasteiger partial charge is 0.469 e. The third-order valence-electron chi connectivity index (χ3n) is 1.89. The van der Waals surface area contributed by atoms with E-state index in [9.17, 15) is 4.79 Å². The van der Waals surface area contributed by atoms with Crippen molar-refractivity contribution in [2.75, 3.05) is 7.11 Å². The molecule has 1 aromatic rings. The van der Waals surface area contributed by atoms with E-state index in [1.54, 1.807) is 6.20 Å². The normalized spacial score (nSPS) is 10.1. The highest BCUT2D eigenvalue weighted by Gasteiger charge is 2.11. The lowest BCUT2D eigenvalue weighted by molar-refractivity contribution is -0.141. The molecule has 3 heteroatoms. The van der Waals surface area contributed by atoms with Crippen molar-refractivity contribution in [2.45, 2.75) is 53.4 Å².